The summed E-state index contributed by atoms with van der Waals surface area (Å²) in [6.45, 7) is 2.41. The maximum absolute atomic E-state index is 12.8. The van der Waals surface area contributed by atoms with E-state index in [1.807, 2.05) is 0 Å². The van der Waals surface area contributed by atoms with Crippen LogP contribution in [0.25, 0.3) is 0 Å². The lowest BCUT2D eigenvalue weighted by atomic mass is 9.96. The van der Waals surface area contributed by atoms with Crippen LogP contribution in [-0.2, 0) is 20.4 Å². The van der Waals surface area contributed by atoms with Crippen molar-refractivity contribution in [2.24, 2.45) is 4.99 Å². The molecular formula is C22H30N6O4S. The highest BCUT2D eigenvalue weighted by Gasteiger charge is 2.39. The zero-order valence-corrected chi connectivity index (χ0v) is 19.6. The maximum atomic E-state index is 12.8. The van der Waals surface area contributed by atoms with Crippen LogP contribution in [0.1, 0.15) is 63.1 Å². The third kappa shape index (κ3) is 5.77. The van der Waals surface area contributed by atoms with Crippen LogP contribution in [0.2, 0.25) is 0 Å². The van der Waals surface area contributed by atoms with Gasteiger partial charge in [-0.1, -0.05) is 30.5 Å². The van der Waals surface area contributed by atoms with Gasteiger partial charge in [-0.3, -0.25) is 19.8 Å². The van der Waals surface area contributed by atoms with Crippen molar-refractivity contribution in [3.63, 3.8) is 0 Å². The second kappa shape index (κ2) is 10.0. The molecule has 0 atom stereocenters. The molecule has 0 radical (unpaired) electrons. The number of amides is 1. The number of anilines is 1. The molecule has 4 rings (SSSR count). The smallest absolute Gasteiger partial charge is 0.262 e. The third-order valence-corrected chi connectivity index (χ3v) is 7.43. The molecule has 1 saturated carbocycles. The van der Waals surface area contributed by atoms with Crippen LogP contribution in [0.15, 0.2) is 38.7 Å². The van der Waals surface area contributed by atoms with Gasteiger partial charge in [0, 0.05) is 25.6 Å². The molecule has 178 valence electrons. The van der Waals surface area contributed by atoms with Crippen LogP contribution in [0.3, 0.4) is 0 Å². The Hall–Kier alpha value is -2.79. The van der Waals surface area contributed by atoms with E-state index in [4.69, 9.17) is 4.52 Å². The van der Waals surface area contributed by atoms with Crippen LogP contribution < -0.4 is 15.4 Å². The Morgan fingerprint density at radius 2 is 1.97 bits per heavy atom. The summed E-state index contributed by atoms with van der Waals surface area (Å²) in [4.78, 5) is 21.4. The lowest BCUT2D eigenvalue weighted by molar-refractivity contribution is -0.115. The Morgan fingerprint density at radius 1 is 1.15 bits per heavy atom. The predicted octanol–water partition coefficient (Wildman–Crippen LogP) is 2.63. The van der Waals surface area contributed by atoms with E-state index in [0.29, 0.717) is 36.2 Å². The van der Waals surface area contributed by atoms with Gasteiger partial charge in [-0.05, 0) is 43.9 Å². The number of benzene rings is 1. The zero-order chi connectivity index (χ0) is 23.3. The summed E-state index contributed by atoms with van der Waals surface area (Å²) in [6.07, 6.45) is 7.20. The van der Waals surface area contributed by atoms with Gasteiger partial charge >= 0.3 is 0 Å². The molecule has 0 unspecified atom stereocenters. The molecule has 2 aliphatic rings. The Labute approximate surface area is 193 Å². The van der Waals surface area contributed by atoms with Crippen molar-refractivity contribution < 1.29 is 17.7 Å². The number of hydrogen-bond donors (Lipinski definition) is 3. The van der Waals surface area contributed by atoms with Gasteiger partial charge in [-0.25, -0.2) is 8.42 Å². The summed E-state index contributed by atoms with van der Waals surface area (Å²) in [6, 6.07) is 6.21. The highest BCUT2D eigenvalue weighted by atomic mass is 32.2. The van der Waals surface area contributed by atoms with Crippen molar-refractivity contribution >= 4 is 27.5 Å². The molecule has 0 bridgehead atoms. The van der Waals surface area contributed by atoms with E-state index in [9.17, 15) is 13.2 Å². The van der Waals surface area contributed by atoms with Crippen molar-refractivity contribution in [1.82, 2.24) is 20.2 Å². The quantitative estimate of drug-likeness (QED) is 0.561. The van der Waals surface area contributed by atoms with E-state index in [-0.39, 0.29) is 17.3 Å². The van der Waals surface area contributed by atoms with Gasteiger partial charge in [-0.2, -0.15) is 4.98 Å². The van der Waals surface area contributed by atoms with Crippen LogP contribution in [0.5, 0.6) is 0 Å². The first-order valence-corrected chi connectivity index (χ1v) is 12.9. The first kappa shape index (κ1) is 23.4. The summed E-state index contributed by atoms with van der Waals surface area (Å²) in [5.41, 5.74) is -0.0766. The Bertz CT molecular complexity index is 1120. The van der Waals surface area contributed by atoms with Gasteiger partial charge in [0.25, 0.3) is 10.0 Å². The molecule has 33 heavy (non-hydrogen) atoms. The number of rotatable bonds is 7. The molecule has 1 aliphatic heterocycles. The minimum Gasteiger partial charge on any atom is -0.340 e. The average Bonchev–Trinajstić information content (AvgIpc) is 3.37. The molecule has 0 spiro atoms. The Kier molecular flexibility index (Phi) is 7.08. The van der Waals surface area contributed by atoms with E-state index in [1.165, 1.54) is 12.1 Å². The van der Waals surface area contributed by atoms with Crippen molar-refractivity contribution in [3.8, 4) is 0 Å². The van der Waals surface area contributed by atoms with E-state index in [2.05, 4.69) is 30.5 Å². The van der Waals surface area contributed by atoms with Crippen molar-refractivity contribution in [2.45, 2.75) is 68.7 Å². The molecule has 10 nitrogen and oxygen atoms in total. The van der Waals surface area contributed by atoms with Crippen LogP contribution in [0, 0.1) is 6.92 Å². The summed E-state index contributed by atoms with van der Waals surface area (Å²) >= 11 is 0. The minimum absolute atomic E-state index is 0.0413. The molecule has 1 fully saturated rings. The molecule has 1 aliphatic carbocycles. The number of carbonyl (C=O) groups excluding carboxylic acids is 1. The van der Waals surface area contributed by atoms with Crippen LogP contribution in [0.4, 0.5) is 5.69 Å². The van der Waals surface area contributed by atoms with Gasteiger partial charge in [0.05, 0.1) is 17.0 Å². The largest absolute Gasteiger partial charge is 0.340 e. The van der Waals surface area contributed by atoms with Crippen LogP contribution >= 0.6 is 0 Å². The normalized spacial score (nSPS) is 18.4. The molecule has 2 aromatic rings. The fraction of sp³-hybridized carbons (Fsp3) is 0.545. The minimum atomic E-state index is -3.78. The van der Waals surface area contributed by atoms with Gasteiger partial charge in [-0.15, -0.1) is 0 Å². The molecule has 1 aromatic heterocycles. The summed E-state index contributed by atoms with van der Waals surface area (Å²) < 4.78 is 33.4. The SMILES string of the molecule is Cc1nc(C2(NCC(=O)Nc3cccc(S(=O)(=O)NC4=NCCCCC4)c3)CCCC2)no1. The molecule has 3 N–H and O–H groups in total. The standard InChI is InChI=1S/C22H30N6O4S/c1-16-25-21(27-32-16)22(11-4-5-12-22)24-15-20(29)26-17-8-7-9-18(14-17)33(30,31)28-19-10-3-2-6-13-23-19/h7-9,14,24H,2-6,10-13,15H2,1H3,(H,23,28)(H,26,29). The van der Waals surface area contributed by atoms with E-state index in [1.54, 1.807) is 19.1 Å². The lowest BCUT2D eigenvalue weighted by Gasteiger charge is -2.26. The highest BCUT2D eigenvalue weighted by molar-refractivity contribution is 7.90. The van der Waals surface area contributed by atoms with Gasteiger partial charge < -0.3 is 9.84 Å². The number of hydrogen-bond acceptors (Lipinski definition) is 8. The van der Waals surface area contributed by atoms with Crippen molar-refractivity contribution in [1.29, 1.82) is 0 Å². The fourth-order valence-electron chi connectivity index (χ4n) is 4.32. The molecule has 0 saturated heterocycles. The third-order valence-electron chi connectivity index (χ3n) is 6.05. The van der Waals surface area contributed by atoms with Crippen molar-refractivity contribution in [3.05, 3.63) is 36.0 Å². The van der Waals surface area contributed by atoms with Gasteiger partial charge in [0.2, 0.25) is 11.8 Å². The lowest BCUT2D eigenvalue weighted by Crippen LogP contribution is -2.44. The predicted molar refractivity (Wildman–Crippen MR) is 123 cm³/mol. The second-order valence-electron chi connectivity index (χ2n) is 8.60. The summed E-state index contributed by atoms with van der Waals surface area (Å²) in [5.74, 6) is 1.27. The monoisotopic (exact) mass is 474 g/mol. The number of amidine groups is 1. The number of aliphatic imine (C=N–C) groups is 1. The van der Waals surface area contributed by atoms with E-state index in [0.717, 1.165) is 44.9 Å². The van der Waals surface area contributed by atoms with Crippen molar-refractivity contribution in [2.75, 3.05) is 18.4 Å². The van der Waals surface area contributed by atoms with E-state index >= 15 is 0 Å². The second-order valence-corrected chi connectivity index (χ2v) is 10.3. The van der Waals surface area contributed by atoms with Gasteiger partial charge in [0.1, 0.15) is 5.84 Å². The topological polar surface area (TPSA) is 139 Å². The number of nitrogens with zero attached hydrogens (tertiary/aromatic N) is 3. The molecule has 2 heterocycles. The van der Waals surface area contributed by atoms with E-state index < -0.39 is 15.6 Å². The number of nitrogens with one attached hydrogen (secondary N) is 3. The zero-order valence-electron chi connectivity index (χ0n) is 18.8. The summed E-state index contributed by atoms with van der Waals surface area (Å²) in [5, 5.41) is 10.1. The first-order chi connectivity index (χ1) is 15.9. The molecular weight excluding hydrogens is 444 g/mol. The fourth-order valence-corrected chi connectivity index (χ4v) is 5.45. The number of sulfonamides is 1. The average molecular weight is 475 g/mol. The molecule has 1 aromatic carbocycles. The first-order valence-electron chi connectivity index (χ1n) is 11.4. The maximum Gasteiger partial charge on any atom is 0.262 e. The number of aromatic nitrogens is 2. The number of carbonyl (C=O) groups is 1. The number of aryl methyl sites for hydroxylation is 1. The van der Waals surface area contributed by atoms with Crippen LogP contribution in [-0.4, -0.2) is 43.4 Å². The highest BCUT2D eigenvalue weighted by Crippen LogP contribution is 2.37. The van der Waals surface area contributed by atoms with Gasteiger partial charge in [0.15, 0.2) is 5.82 Å². The Morgan fingerprint density at radius 3 is 2.73 bits per heavy atom. The Balaban J connectivity index is 1.39. The molecule has 11 heteroatoms. The summed E-state index contributed by atoms with van der Waals surface area (Å²) in [7, 11) is -3.78. The molecule has 1 amide bonds.